The van der Waals surface area contributed by atoms with Crippen LogP contribution in [-0.2, 0) is 6.54 Å². The minimum Gasteiger partial charge on any atom is -0.348 e. The van der Waals surface area contributed by atoms with Gasteiger partial charge >= 0.3 is 0 Å². The maximum absolute atomic E-state index is 11.9. The maximum Gasteiger partial charge on any atom is 0.300 e. The number of hydrogen-bond acceptors (Lipinski definition) is 6. The summed E-state index contributed by atoms with van der Waals surface area (Å²) in [6.45, 7) is 5.73. The highest BCUT2D eigenvalue weighted by atomic mass is 35.5. The summed E-state index contributed by atoms with van der Waals surface area (Å²) in [5.74, 6) is 1.40. The molecule has 2 unspecified atom stereocenters. The molecule has 0 aromatic carbocycles. The molecule has 2 fully saturated rings. The lowest BCUT2D eigenvalue weighted by molar-refractivity contribution is -0.434. The van der Waals surface area contributed by atoms with E-state index < -0.39 is 0 Å². The summed E-state index contributed by atoms with van der Waals surface area (Å²) in [6.07, 6.45) is 6.31. The monoisotopic (exact) mass is 391 g/mol. The summed E-state index contributed by atoms with van der Waals surface area (Å²) in [5, 5.41) is 12.4. The van der Waals surface area contributed by atoms with Crippen molar-refractivity contribution < 1.29 is 4.92 Å². The Hall–Kier alpha value is -1.86. The predicted octanol–water partition coefficient (Wildman–Crippen LogP) is 3.15. The quantitative estimate of drug-likeness (QED) is 0.436. The van der Waals surface area contributed by atoms with Crippen LogP contribution in [0.5, 0.6) is 0 Å². The maximum atomic E-state index is 11.9. The van der Waals surface area contributed by atoms with Gasteiger partial charge in [-0.05, 0) is 36.8 Å². The van der Waals surface area contributed by atoms with E-state index >= 15 is 0 Å². The molecule has 146 valence electrons. The van der Waals surface area contributed by atoms with Gasteiger partial charge in [0.25, 0.3) is 5.70 Å². The van der Waals surface area contributed by atoms with Crippen LogP contribution >= 0.6 is 11.6 Å². The highest BCUT2D eigenvalue weighted by Crippen LogP contribution is 2.41. The van der Waals surface area contributed by atoms with Gasteiger partial charge in [-0.1, -0.05) is 31.0 Å². The Morgan fingerprint density at radius 3 is 2.93 bits per heavy atom. The summed E-state index contributed by atoms with van der Waals surface area (Å²) < 4.78 is 0. The third kappa shape index (κ3) is 3.62. The van der Waals surface area contributed by atoms with Crippen molar-refractivity contribution >= 4 is 11.6 Å². The third-order valence-corrected chi connectivity index (χ3v) is 6.18. The normalized spacial score (nSPS) is 25.6. The number of nitrogens with zero attached hydrogens (tertiary/aromatic N) is 5. The highest BCUT2D eigenvalue weighted by Gasteiger charge is 2.46. The second-order valence-electron chi connectivity index (χ2n) is 7.82. The molecule has 8 heteroatoms. The van der Waals surface area contributed by atoms with Crippen molar-refractivity contribution in [2.75, 3.05) is 26.3 Å². The van der Waals surface area contributed by atoms with Crippen LogP contribution in [-0.4, -0.2) is 57.0 Å². The van der Waals surface area contributed by atoms with Gasteiger partial charge in [-0.25, -0.2) is 4.98 Å². The van der Waals surface area contributed by atoms with Crippen molar-refractivity contribution in [3.63, 3.8) is 0 Å². The Morgan fingerprint density at radius 2 is 2.22 bits per heavy atom. The molecule has 1 saturated carbocycles. The topological polar surface area (TPSA) is 65.8 Å². The molecule has 3 heterocycles. The van der Waals surface area contributed by atoms with Gasteiger partial charge in [-0.3, -0.25) is 15.0 Å². The van der Waals surface area contributed by atoms with E-state index in [1.54, 1.807) is 12.3 Å². The SMILES string of the molecule is CCCN1CC([N+](=O)[O-])=C2N(Cc3ccc(Cl)nc3)CC3CCCC3N2C1. The van der Waals surface area contributed by atoms with E-state index in [1.807, 2.05) is 6.07 Å². The van der Waals surface area contributed by atoms with Crippen molar-refractivity contribution in [1.29, 1.82) is 0 Å². The number of fused-ring (bicyclic) bond motifs is 3. The molecule has 1 saturated heterocycles. The molecule has 0 radical (unpaired) electrons. The first-order chi connectivity index (χ1) is 13.1. The number of aromatic nitrogens is 1. The summed E-state index contributed by atoms with van der Waals surface area (Å²) in [6, 6.07) is 4.16. The number of rotatable bonds is 5. The van der Waals surface area contributed by atoms with E-state index in [1.165, 1.54) is 12.8 Å². The Labute approximate surface area is 164 Å². The summed E-state index contributed by atoms with van der Waals surface area (Å²) in [5.41, 5.74) is 1.36. The van der Waals surface area contributed by atoms with E-state index in [4.69, 9.17) is 11.6 Å². The van der Waals surface area contributed by atoms with Crippen molar-refractivity contribution in [3.8, 4) is 0 Å². The fourth-order valence-electron chi connectivity index (χ4n) is 4.88. The van der Waals surface area contributed by atoms with E-state index in [0.29, 0.717) is 35.9 Å². The molecule has 0 spiro atoms. The highest BCUT2D eigenvalue weighted by molar-refractivity contribution is 6.29. The Morgan fingerprint density at radius 1 is 1.37 bits per heavy atom. The summed E-state index contributed by atoms with van der Waals surface area (Å²) >= 11 is 5.91. The van der Waals surface area contributed by atoms with E-state index in [-0.39, 0.29) is 4.92 Å². The lowest BCUT2D eigenvalue weighted by Crippen LogP contribution is -2.59. The molecule has 2 aliphatic heterocycles. The average Bonchev–Trinajstić information content (AvgIpc) is 3.12. The molecular weight excluding hydrogens is 366 g/mol. The van der Waals surface area contributed by atoms with Gasteiger partial charge in [0, 0.05) is 31.9 Å². The molecule has 1 aromatic rings. The number of halogens is 1. The Bertz CT molecular complexity index is 738. The lowest BCUT2D eigenvalue weighted by Gasteiger charge is -2.50. The molecule has 2 atom stereocenters. The minimum absolute atomic E-state index is 0.174. The van der Waals surface area contributed by atoms with Crippen LogP contribution in [0.25, 0.3) is 0 Å². The van der Waals surface area contributed by atoms with Crippen LogP contribution in [0.4, 0.5) is 0 Å². The van der Waals surface area contributed by atoms with Crippen LogP contribution in [0.2, 0.25) is 5.15 Å². The van der Waals surface area contributed by atoms with Crippen LogP contribution < -0.4 is 0 Å². The van der Waals surface area contributed by atoms with E-state index in [2.05, 4.69) is 26.6 Å². The van der Waals surface area contributed by atoms with E-state index in [0.717, 1.165) is 44.0 Å². The van der Waals surface area contributed by atoms with Crippen molar-refractivity contribution in [1.82, 2.24) is 19.7 Å². The van der Waals surface area contributed by atoms with Crippen LogP contribution in [0, 0.1) is 16.0 Å². The van der Waals surface area contributed by atoms with Gasteiger partial charge in [0.05, 0.1) is 18.1 Å². The molecule has 1 aliphatic carbocycles. The van der Waals surface area contributed by atoms with Gasteiger partial charge in [-0.15, -0.1) is 0 Å². The summed E-state index contributed by atoms with van der Waals surface area (Å²) in [4.78, 5) is 22.7. The molecule has 3 aliphatic rings. The number of nitro groups is 1. The molecule has 27 heavy (non-hydrogen) atoms. The molecule has 4 rings (SSSR count). The minimum atomic E-state index is -0.174. The number of pyridine rings is 1. The molecule has 0 bridgehead atoms. The second-order valence-corrected chi connectivity index (χ2v) is 8.21. The van der Waals surface area contributed by atoms with Gasteiger partial charge < -0.3 is 9.80 Å². The molecule has 1 aromatic heterocycles. The molecule has 7 nitrogen and oxygen atoms in total. The zero-order valence-electron chi connectivity index (χ0n) is 15.7. The van der Waals surface area contributed by atoms with E-state index in [9.17, 15) is 10.1 Å². The lowest BCUT2D eigenvalue weighted by atomic mass is 9.96. The summed E-state index contributed by atoms with van der Waals surface area (Å²) in [7, 11) is 0. The fourth-order valence-corrected chi connectivity index (χ4v) is 4.99. The first-order valence-corrected chi connectivity index (χ1v) is 10.2. The molecule has 0 N–H and O–H groups in total. The van der Waals surface area contributed by atoms with Crippen molar-refractivity contribution in [3.05, 3.63) is 50.7 Å². The molecular formula is C19H26ClN5O2. The second kappa shape index (κ2) is 7.64. The largest absolute Gasteiger partial charge is 0.348 e. The zero-order valence-corrected chi connectivity index (χ0v) is 16.4. The first kappa shape index (κ1) is 18.5. The average molecular weight is 392 g/mol. The van der Waals surface area contributed by atoms with Gasteiger partial charge in [0.15, 0.2) is 5.82 Å². The Kier molecular flexibility index (Phi) is 5.23. The van der Waals surface area contributed by atoms with Crippen LogP contribution in [0.3, 0.4) is 0 Å². The smallest absolute Gasteiger partial charge is 0.300 e. The van der Waals surface area contributed by atoms with Gasteiger partial charge in [-0.2, -0.15) is 0 Å². The van der Waals surface area contributed by atoms with Gasteiger partial charge in [0.2, 0.25) is 0 Å². The van der Waals surface area contributed by atoms with Gasteiger partial charge in [0.1, 0.15) is 5.15 Å². The first-order valence-electron chi connectivity index (χ1n) is 9.78. The standard InChI is InChI=1S/C19H26ClN5O2/c1-2-8-22-12-17(25(26)27)19-23(10-14-6-7-18(20)21-9-14)11-15-4-3-5-16(15)24(19)13-22/h6-7,9,15-16H,2-5,8,10-13H2,1H3. The Balaban J connectivity index is 1.70. The fraction of sp³-hybridized carbons (Fsp3) is 0.632. The zero-order chi connectivity index (χ0) is 19.0. The van der Waals surface area contributed by atoms with Crippen molar-refractivity contribution in [2.45, 2.75) is 45.2 Å². The predicted molar refractivity (Wildman–Crippen MR) is 103 cm³/mol. The molecule has 0 amide bonds. The number of hydrogen-bond donors (Lipinski definition) is 0. The van der Waals surface area contributed by atoms with Crippen molar-refractivity contribution in [2.24, 2.45) is 5.92 Å². The third-order valence-electron chi connectivity index (χ3n) is 5.95. The van der Waals surface area contributed by atoms with Crippen LogP contribution in [0.15, 0.2) is 29.8 Å². The van der Waals surface area contributed by atoms with Crippen LogP contribution in [0.1, 0.15) is 38.2 Å².